The van der Waals surface area contributed by atoms with Gasteiger partial charge in [-0.1, -0.05) is 29.8 Å². The molecule has 0 saturated carbocycles. The third kappa shape index (κ3) is 3.50. The predicted molar refractivity (Wildman–Crippen MR) is 99.4 cm³/mol. The number of nitrogens with one attached hydrogen (secondary N) is 1. The summed E-state index contributed by atoms with van der Waals surface area (Å²) in [6.45, 7) is 0. The van der Waals surface area contributed by atoms with Gasteiger partial charge in [0.2, 0.25) is 0 Å². The first-order valence-corrected chi connectivity index (χ1v) is 8.57. The molecule has 124 valence electrons. The lowest BCUT2D eigenvalue weighted by Crippen LogP contribution is -2.03. The number of hydrogen-bond acceptors (Lipinski definition) is 6. The van der Waals surface area contributed by atoms with Gasteiger partial charge in [0.25, 0.3) is 0 Å². The lowest BCUT2D eigenvalue weighted by molar-refractivity contribution is 0.482. The Labute approximate surface area is 151 Å². The summed E-state index contributed by atoms with van der Waals surface area (Å²) in [4.78, 5) is 16.7. The lowest BCUT2D eigenvalue weighted by Gasteiger charge is -2.07. The fraction of sp³-hybridized carbons (Fsp3) is 0. The standard InChI is InChI=1S/C18H11ClN2O3S/c19-15-10-14-16(25-15)21-18(24-17(14)22)20-11-6-8-13(9-7-11)23-12-4-2-1-3-5-12/h1-10H,(H,20,21). The number of halogens is 1. The maximum absolute atomic E-state index is 11.9. The van der Waals surface area contributed by atoms with Gasteiger partial charge < -0.3 is 14.5 Å². The van der Waals surface area contributed by atoms with Crippen LogP contribution < -0.4 is 15.7 Å². The molecule has 4 rings (SSSR count). The largest absolute Gasteiger partial charge is 0.457 e. The highest BCUT2D eigenvalue weighted by Gasteiger charge is 2.10. The van der Waals surface area contributed by atoms with Gasteiger partial charge in [0.15, 0.2) is 0 Å². The van der Waals surface area contributed by atoms with Crippen LogP contribution in [0.15, 0.2) is 69.9 Å². The molecule has 5 nitrogen and oxygen atoms in total. The van der Waals surface area contributed by atoms with E-state index in [-0.39, 0.29) is 6.01 Å². The van der Waals surface area contributed by atoms with Crippen LogP contribution in [0.4, 0.5) is 11.7 Å². The van der Waals surface area contributed by atoms with Gasteiger partial charge in [-0.25, -0.2) is 4.79 Å². The van der Waals surface area contributed by atoms with E-state index in [2.05, 4.69) is 10.3 Å². The molecule has 7 heteroatoms. The molecule has 0 saturated heterocycles. The average Bonchev–Trinajstić information content (AvgIpc) is 2.99. The van der Waals surface area contributed by atoms with Crippen LogP contribution in [0.1, 0.15) is 0 Å². The number of aromatic nitrogens is 1. The molecule has 2 aromatic heterocycles. The number of nitrogens with zero attached hydrogens (tertiary/aromatic N) is 1. The van der Waals surface area contributed by atoms with Gasteiger partial charge in [-0.2, -0.15) is 4.98 Å². The monoisotopic (exact) mass is 370 g/mol. The minimum Gasteiger partial charge on any atom is -0.457 e. The predicted octanol–water partition coefficient (Wildman–Crippen LogP) is 5.44. The van der Waals surface area contributed by atoms with E-state index in [0.717, 1.165) is 11.4 Å². The zero-order valence-corrected chi connectivity index (χ0v) is 14.3. The van der Waals surface area contributed by atoms with Crippen LogP contribution in [-0.2, 0) is 0 Å². The smallest absolute Gasteiger partial charge is 0.349 e. The molecule has 0 radical (unpaired) electrons. The molecule has 0 aliphatic heterocycles. The first kappa shape index (κ1) is 15.7. The molecule has 25 heavy (non-hydrogen) atoms. The van der Waals surface area contributed by atoms with Crippen molar-refractivity contribution in [2.75, 3.05) is 5.32 Å². The zero-order chi connectivity index (χ0) is 17.2. The molecule has 0 fully saturated rings. The van der Waals surface area contributed by atoms with Gasteiger partial charge >= 0.3 is 11.6 Å². The van der Waals surface area contributed by atoms with E-state index >= 15 is 0 Å². The molecule has 0 bridgehead atoms. The first-order chi connectivity index (χ1) is 12.2. The Morgan fingerprint density at radius 3 is 2.52 bits per heavy atom. The normalized spacial score (nSPS) is 10.8. The van der Waals surface area contributed by atoms with Crippen molar-refractivity contribution >= 4 is 44.9 Å². The van der Waals surface area contributed by atoms with Crippen LogP contribution in [0, 0.1) is 0 Å². The minimum absolute atomic E-state index is 0.118. The summed E-state index contributed by atoms with van der Waals surface area (Å²) in [5.41, 5.74) is 0.248. The first-order valence-electron chi connectivity index (χ1n) is 7.37. The number of benzene rings is 2. The zero-order valence-electron chi connectivity index (χ0n) is 12.7. The van der Waals surface area contributed by atoms with Crippen LogP contribution >= 0.6 is 22.9 Å². The number of para-hydroxylation sites is 1. The second kappa shape index (κ2) is 6.58. The van der Waals surface area contributed by atoms with Gasteiger partial charge in [-0.05, 0) is 42.5 Å². The number of thiophene rings is 1. The highest BCUT2D eigenvalue weighted by Crippen LogP contribution is 2.28. The summed E-state index contributed by atoms with van der Waals surface area (Å²) in [6.07, 6.45) is 0. The quantitative estimate of drug-likeness (QED) is 0.518. The van der Waals surface area contributed by atoms with E-state index in [1.54, 1.807) is 6.07 Å². The van der Waals surface area contributed by atoms with E-state index in [0.29, 0.717) is 20.3 Å². The summed E-state index contributed by atoms with van der Waals surface area (Å²) in [5, 5.41) is 3.35. The van der Waals surface area contributed by atoms with E-state index < -0.39 is 5.63 Å². The third-order valence-corrected chi connectivity index (χ3v) is 4.54. The Morgan fingerprint density at radius 2 is 1.76 bits per heavy atom. The molecule has 4 aromatic rings. The SMILES string of the molecule is O=c1oc(Nc2ccc(Oc3ccccc3)cc2)nc2sc(Cl)cc12. The molecular weight excluding hydrogens is 360 g/mol. The average molecular weight is 371 g/mol. The van der Waals surface area contributed by atoms with E-state index in [4.69, 9.17) is 20.8 Å². The van der Waals surface area contributed by atoms with E-state index in [9.17, 15) is 4.79 Å². The Kier molecular flexibility index (Phi) is 4.13. The van der Waals surface area contributed by atoms with Crippen molar-refractivity contribution in [1.29, 1.82) is 0 Å². The molecule has 0 aliphatic carbocycles. The minimum atomic E-state index is -0.473. The molecule has 0 unspecified atom stereocenters. The maximum Gasteiger partial charge on any atom is 0.349 e. The fourth-order valence-corrected chi connectivity index (χ4v) is 3.32. The summed E-state index contributed by atoms with van der Waals surface area (Å²) < 4.78 is 11.4. The van der Waals surface area contributed by atoms with Crippen molar-refractivity contribution in [3.8, 4) is 11.5 Å². The Hall–Kier alpha value is -2.83. The molecule has 0 spiro atoms. The molecule has 0 atom stereocenters. The van der Waals surface area contributed by atoms with Crippen molar-refractivity contribution in [3.63, 3.8) is 0 Å². The lowest BCUT2D eigenvalue weighted by atomic mass is 10.3. The number of ether oxygens (including phenoxy) is 1. The summed E-state index contributed by atoms with van der Waals surface area (Å²) >= 11 is 7.14. The topological polar surface area (TPSA) is 64.4 Å². The molecule has 2 heterocycles. The highest BCUT2D eigenvalue weighted by atomic mass is 35.5. The van der Waals surface area contributed by atoms with E-state index in [1.807, 2.05) is 54.6 Å². The van der Waals surface area contributed by atoms with Crippen molar-refractivity contribution in [3.05, 3.63) is 75.4 Å². The van der Waals surface area contributed by atoms with Crippen molar-refractivity contribution in [2.45, 2.75) is 0 Å². The third-order valence-electron chi connectivity index (χ3n) is 3.38. The van der Waals surface area contributed by atoms with Crippen LogP contribution in [0.3, 0.4) is 0 Å². The Bertz CT molecular complexity index is 1080. The van der Waals surface area contributed by atoms with Crippen LogP contribution in [0.25, 0.3) is 10.2 Å². The fourth-order valence-electron chi connectivity index (χ4n) is 2.25. The second-order valence-electron chi connectivity index (χ2n) is 5.14. The summed E-state index contributed by atoms with van der Waals surface area (Å²) in [7, 11) is 0. The maximum atomic E-state index is 11.9. The van der Waals surface area contributed by atoms with Crippen molar-refractivity contribution in [1.82, 2.24) is 4.98 Å². The van der Waals surface area contributed by atoms with Gasteiger partial charge in [-0.3, -0.25) is 0 Å². The Morgan fingerprint density at radius 1 is 1.04 bits per heavy atom. The molecular formula is C18H11ClN2O3S. The van der Waals surface area contributed by atoms with Crippen LogP contribution in [0.2, 0.25) is 4.34 Å². The van der Waals surface area contributed by atoms with Gasteiger partial charge in [0.05, 0.1) is 9.72 Å². The van der Waals surface area contributed by atoms with Crippen LogP contribution in [0.5, 0.6) is 11.5 Å². The molecule has 2 aromatic carbocycles. The number of rotatable bonds is 4. The Balaban J connectivity index is 1.54. The number of hydrogen-bond donors (Lipinski definition) is 1. The van der Waals surface area contributed by atoms with E-state index in [1.165, 1.54) is 11.3 Å². The van der Waals surface area contributed by atoms with Gasteiger partial charge in [-0.15, -0.1) is 11.3 Å². The van der Waals surface area contributed by atoms with Gasteiger partial charge in [0, 0.05) is 5.69 Å². The van der Waals surface area contributed by atoms with Crippen molar-refractivity contribution in [2.24, 2.45) is 0 Å². The summed E-state index contributed by atoms with van der Waals surface area (Å²) in [6, 6.07) is 18.4. The molecule has 0 amide bonds. The number of anilines is 2. The van der Waals surface area contributed by atoms with Crippen molar-refractivity contribution < 1.29 is 9.15 Å². The van der Waals surface area contributed by atoms with Gasteiger partial charge in [0.1, 0.15) is 16.3 Å². The second-order valence-corrected chi connectivity index (χ2v) is 6.80. The highest BCUT2D eigenvalue weighted by molar-refractivity contribution is 7.22. The molecule has 1 N–H and O–H groups in total. The molecule has 0 aliphatic rings. The number of fused-ring (bicyclic) bond motifs is 1. The van der Waals surface area contributed by atoms with Crippen LogP contribution in [-0.4, -0.2) is 4.98 Å². The summed E-state index contributed by atoms with van der Waals surface area (Å²) in [5.74, 6) is 1.46.